The second kappa shape index (κ2) is 10.2. The fourth-order valence-electron chi connectivity index (χ4n) is 2.95. The zero-order chi connectivity index (χ0) is 20.8. The van der Waals surface area contributed by atoms with E-state index in [1.807, 2.05) is 19.1 Å². The van der Waals surface area contributed by atoms with Gasteiger partial charge in [0.25, 0.3) is 5.56 Å². The number of hydrogen-bond donors (Lipinski definition) is 1. The van der Waals surface area contributed by atoms with Gasteiger partial charge in [-0.1, -0.05) is 18.7 Å². The topological polar surface area (TPSA) is 82.5 Å². The Bertz CT molecular complexity index is 915. The molecule has 9 heteroatoms. The maximum Gasteiger partial charge on any atom is 0.268 e. The maximum absolute atomic E-state index is 12.9. The summed E-state index contributed by atoms with van der Waals surface area (Å²) in [5.41, 5.74) is 1.48. The number of benzene rings is 1. The van der Waals surface area contributed by atoms with Crippen molar-refractivity contribution in [2.75, 3.05) is 31.4 Å². The van der Waals surface area contributed by atoms with Gasteiger partial charge in [-0.25, -0.2) is 4.98 Å². The number of anilines is 1. The highest BCUT2D eigenvalue weighted by Gasteiger charge is 2.26. The molecular weight excluding hydrogens is 410 g/mol. The van der Waals surface area contributed by atoms with E-state index in [4.69, 9.17) is 9.47 Å². The third kappa shape index (κ3) is 5.55. The molecule has 1 aromatic carbocycles. The van der Waals surface area contributed by atoms with Crippen molar-refractivity contribution < 1.29 is 14.3 Å². The number of nitrogens with one attached hydrogen (secondary N) is 1. The molecule has 2 aromatic rings. The first-order valence-corrected chi connectivity index (χ1v) is 11.3. The minimum absolute atomic E-state index is 0.0455. The fraction of sp³-hybridized carbons (Fsp3) is 0.450. The van der Waals surface area contributed by atoms with E-state index in [2.05, 4.69) is 17.2 Å². The van der Waals surface area contributed by atoms with Gasteiger partial charge in [0.1, 0.15) is 5.75 Å². The summed E-state index contributed by atoms with van der Waals surface area (Å²) in [7, 11) is 1.60. The standard InChI is InChI=1S/C20H25N3O4S2/c1-4-27-15-7-5-14(6-8-15)21-17(24)12-28-20-22-16-11-13(2)29-18(16)19(25)23(20)9-10-26-3/h5-8,13H,4,9-12H2,1-3H3,(H,21,24)/t13-/m0/s1. The molecule has 1 aromatic heterocycles. The highest BCUT2D eigenvalue weighted by atomic mass is 32.2. The molecule has 0 spiro atoms. The van der Waals surface area contributed by atoms with E-state index in [-0.39, 0.29) is 17.2 Å². The molecule has 0 aliphatic carbocycles. The van der Waals surface area contributed by atoms with Gasteiger partial charge in [-0.2, -0.15) is 0 Å². The molecule has 1 N–H and O–H groups in total. The first-order valence-electron chi connectivity index (χ1n) is 9.46. The quantitative estimate of drug-likeness (QED) is 0.479. The van der Waals surface area contributed by atoms with Crippen LogP contribution in [-0.4, -0.2) is 46.8 Å². The van der Waals surface area contributed by atoms with Crippen molar-refractivity contribution in [3.63, 3.8) is 0 Å². The number of fused-ring (bicyclic) bond motifs is 1. The number of carbonyl (C=O) groups excluding carboxylic acids is 1. The third-order valence-corrected chi connectivity index (χ3v) is 6.45. The number of nitrogens with zero attached hydrogens (tertiary/aromatic N) is 2. The van der Waals surface area contributed by atoms with Crippen LogP contribution in [0.1, 0.15) is 19.5 Å². The van der Waals surface area contributed by atoms with Crippen LogP contribution in [0.2, 0.25) is 0 Å². The summed E-state index contributed by atoms with van der Waals surface area (Å²) in [5, 5.41) is 3.75. The molecule has 1 aliphatic heterocycles. The summed E-state index contributed by atoms with van der Waals surface area (Å²) in [5.74, 6) is 0.764. The Balaban J connectivity index is 1.69. The van der Waals surface area contributed by atoms with Crippen LogP contribution < -0.4 is 15.6 Å². The predicted molar refractivity (Wildman–Crippen MR) is 116 cm³/mol. The summed E-state index contributed by atoms with van der Waals surface area (Å²) < 4.78 is 12.2. The lowest BCUT2D eigenvalue weighted by molar-refractivity contribution is -0.113. The molecule has 7 nitrogen and oxygen atoms in total. The lowest BCUT2D eigenvalue weighted by Gasteiger charge is -2.13. The lowest BCUT2D eigenvalue weighted by Crippen LogP contribution is -2.27. The molecule has 3 rings (SSSR count). The highest BCUT2D eigenvalue weighted by molar-refractivity contribution is 8.00. The smallest absolute Gasteiger partial charge is 0.268 e. The Morgan fingerprint density at radius 2 is 2.14 bits per heavy atom. The molecule has 0 saturated heterocycles. The Kier molecular flexibility index (Phi) is 7.63. The van der Waals surface area contributed by atoms with E-state index in [0.29, 0.717) is 35.9 Å². The van der Waals surface area contributed by atoms with Gasteiger partial charge < -0.3 is 14.8 Å². The molecule has 156 valence electrons. The molecule has 0 bridgehead atoms. The Labute approximate surface area is 178 Å². The second-order valence-electron chi connectivity index (χ2n) is 6.55. The SMILES string of the molecule is CCOc1ccc(NC(=O)CSc2nc3c(c(=O)n2CCOC)S[C@@H](C)C3)cc1. The molecule has 0 saturated carbocycles. The van der Waals surface area contributed by atoms with Crippen molar-refractivity contribution in [2.45, 2.75) is 42.1 Å². The molecule has 0 unspecified atom stereocenters. The summed E-state index contributed by atoms with van der Waals surface area (Å²) in [4.78, 5) is 30.7. The number of hydrogen-bond acceptors (Lipinski definition) is 7. The maximum atomic E-state index is 12.9. The predicted octanol–water partition coefficient (Wildman–Crippen LogP) is 3.06. The van der Waals surface area contributed by atoms with E-state index >= 15 is 0 Å². The van der Waals surface area contributed by atoms with Gasteiger partial charge >= 0.3 is 0 Å². The lowest BCUT2D eigenvalue weighted by atomic mass is 10.2. The average molecular weight is 436 g/mol. The van der Waals surface area contributed by atoms with Crippen molar-refractivity contribution in [1.82, 2.24) is 9.55 Å². The summed E-state index contributed by atoms with van der Waals surface area (Å²) >= 11 is 2.84. The van der Waals surface area contributed by atoms with E-state index in [9.17, 15) is 9.59 Å². The number of thioether (sulfide) groups is 2. The Morgan fingerprint density at radius 3 is 2.83 bits per heavy atom. The van der Waals surface area contributed by atoms with Crippen LogP contribution in [0.5, 0.6) is 5.75 Å². The monoisotopic (exact) mass is 435 g/mol. The molecular formula is C20H25N3O4S2. The number of carbonyl (C=O) groups is 1. The van der Waals surface area contributed by atoms with Crippen molar-refractivity contribution in [3.8, 4) is 5.75 Å². The highest BCUT2D eigenvalue weighted by Crippen LogP contribution is 2.34. The average Bonchev–Trinajstić information content (AvgIpc) is 3.08. The summed E-state index contributed by atoms with van der Waals surface area (Å²) in [6, 6.07) is 7.23. The van der Waals surface area contributed by atoms with E-state index in [0.717, 1.165) is 22.8 Å². The minimum atomic E-state index is -0.157. The van der Waals surface area contributed by atoms with E-state index < -0.39 is 0 Å². The van der Waals surface area contributed by atoms with Crippen LogP contribution in [-0.2, 0) is 22.5 Å². The van der Waals surface area contributed by atoms with Gasteiger partial charge in [-0.05, 0) is 31.2 Å². The number of rotatable bonds is 9. The zero-order valence-corrected chi connectivity index (χ0v) is 18.4. The molecule has 0 radical (unpaired) electrons. The normalized spacial score (nSPS) is 15.2. The fourth-order valence-corrected chi connectivity index (χ4v) is 4.91. The van der Waals surface area contributed by atoms with Gasteiger partial charge in [-0.3, -0.25) is 14.2 Å². The van der Waals surface area contributed by atoms with Crippen molar-refractivity contribution in [1.29, 1.82) is 0 Å². The van der Waals surface area contributed by atoms with Crippen molar-refractivity contribution >= 4 is 35.1 Å². The largest absolute Gasteiger partial charge is 0.494 e. The van der Waals surface area contributed by atoms with Crippen LogP contribution >= 0.6 is 23.5 Å². The van der Waals surface area contributed by atoms with Crippen LogP contribution in [0.4, 0.5) is 5.69 Å². The van der Waals surface area contributed by atoms with Crippen molar-refractivity contribution in [3.05, 3.63) is 40.3 Å². The van der Waals surface area contributed by atoms with Gasteiger partial charge in [-0.15, -0.1) is 11.8 Å². The summed E-state index contributed by atoms with van der Waals surface area (Å²) in [6.45, 7) is 5.42. The van der Waals surface area contributed by atoms with E-state index in [1.165, 1.54) is 11.8 Å². The first kappa shape index (κ1) is 21.7. The van der Waals surface area contributed by atoms with Crippen LogP contribution in [0, 0.1) is 0 Å². The zero-order valence-electron chi connectivity index (χ0n) is 16.8. The van der Waals surface area contributed by atoms with E-state index in [1.54, 1.807) is 35.6 Å². The minimum Gasteiger partial charge on any atom is -0.494 e. The molecule has 0 fully saturated rings. The summed E-state index contributed by atoms with van der Waals surface area (Å²) in [6.07, 6.45) is 0.770. The third-order valence-electron chi connectivity index (χ3n) is 4.26. The van der Waals surface area contributed by atoms with Gasteiger partial charge in [0.15, 0.2) is 5.16 Å². The van der Waals surface area contributed by atoms with Crippen molar-refractivity contribution in [2.24, 2.45) is 0 Å². The number of amides is 1. The van der Waals surface area contributed by atoms with Gasteiger partial charge in [0, 0.05) is 24.5 Å². The molecule has 1 amide bonds. The number of methoxy groups -OCH3 is 1. The van der Waals surface area contributed by atoms with Gasteiger partial charge in [0.2, 0.25) is 5.91 Å². The Hall–Kier alpha value is -1.97. The number of aromatic nitrogens is 2. The van der Waals surface area contributed by atoms with Gasteiger partial charge in [0.05, 0.1) is 36.1 Å². The number of ether oxygens (including phenoxy) is 2. The molecule has 2 heterocycles. The molecule has 1 aliphatic rings. The Morgan fingerprint density at radius 1 is 1.38 bits per heavy atom. The van der Waals surface area contributed by atoms with Crippen LogP contribution in [0.25, 0.3) is 0 Å². The van der Waals surface area contributed by atoms with Crippen LogP contribution in [0.15, 0.2) is 39.1 Å². The molecule has 29 heavy (non-hydrogen) atoms. The molecule has 1 atom stereocenters. The second-order valence-corrected chi connectivity index (χ2v) is 8.94. The van der Waals surface area contributed by atoms with Crippen LogP contribution in [0.3, 0.4) is 0 Å². The first-order chi connectivity index (χ1) is 14.0.